The third-order valence-electron chi connectivity index (χ3n) is 5.06. The maximum atomic E-state index is 12.4. The van der Waals surface area contributed by atoms with E-state index in [0.717, 1.165) is 30.0 Å². The summed E-state index contributed by atoms with van der Waals surface area (Å²) in [6, 6.07) is 6.09. The van der Waals surface area contributed by atoms with Crippen LogP contribution in [-0.4, -0.2) is 37.6 Å². The number of carbonyl (C=O) groups excluding carboxylic acids is 2. The summed E-state index contributed by atoms with van der Waals surface area (Å²) >= 11 is 0. The zero-order chi connectivity index (χ0) is 18.7. The van der Waals surface area contributed by atoms with Gasteiger partial charge < -0.3 is 5.32 Å². The SMILES string of the molecule is C#C[C@H]1CCC[C@@H](CNC(=O)CCN2C(=O)c3ccccc3S2(=O)=O)C1. The second-order valence-electron chi connectivity index (χ2n) is 6.83. The molecule has 1 saturated carbocycles. The van der Waals surface area contributed by atoms with E-state index in [4.69, 9.17) is 6.42 Å². The van der Waals surface area contributed by atoms with Gasteiger partial charge in [0.05, 0.1) is 5.56 Å². The molecule has 138 valence electrons. The minimum absolute atomic E-state index is 0.00735. The number of sulfonamides is 1. The molecule has 1 aromatic carbocycles. The highest BCUT2D eigenvalue weighted by Gasteiger charge is 2.40. The lowest BCUT2D eigenvalue weighted by Gasteiger charge is -2.26. The molecule has 2 atom stereocenters. The fourth-order valence-corrected chi connectivity index (χ4v) is 5.20. The lowest BCUT2D eigenvalue weighted by molar-refractivity contribution is -0.121. The van der Waals surface area contributed by atoms with Gasteiger partial charge in [-0.2, -0.15) is 0 Å². The van der Waals surface area contributed by atoms with Crippen LogP contribution >= 0.6 is 0 Å². The smallest absolute Gasteiger partial charge is 0.269 e. The van der Waals surface area contributed by atoms with Crippen LogP contribution in [0, 0.1) is 24.2 Å². The monoisotopic (exact) mass is 374 g/mol. The van der Waals surface area contributed by atoms with Gasteiger partial charge in [0, 0.05) is 25.4 Å². The molecule has 1 aromatic rings. The maximum Gasteiger partial charge on any atom is 0.269 e. The number of terminal acetylenes is 1. The predicted octanol–water partition coefficient (Wildman–Crippen LogP) is 1.78. The summed E-state index contributed by atoms with van der Waals surface area (Å²) in [5.41, 5.74) is 0.162. The molecule has 7 heteroatoms. The van der Waals surface area contributed by atoms with Crippen molar-refractivity contribution >= 4 is 21.8 Å². The van der Waals surface area contributed by atoms with Gasteiger partial charge in [0.2, 0.25) is 5.91 Å². The standard InChI is InChI=1S/C19H22N2O4S/c1-2-14-6-5-7-15(12-14)13-20-18(22)10-11-21-19(23)16-8-3-4-9-17(16)26(21,24)25/h1,3-4,8-9,14-15H,5-7,10-13H2,(H,20,22)/t14-,15+/m0/s1. The van der Waals surface area contributed by atoms with E-state index in [1.54, 1.807) is 12.1 Å². The molecule has 0 aromatic heterocycles. The summed E-state index contributed by atoms with van der Waals surface area (Å²) in [6.07, 6.45) is 9.47. The fraction of sp³-hybridized carbons (Fsp3) is 0.474. The van der Waals surface area contributed by atoms with E-state index in [9.17, 15) is 18.0 Å². The van der Waals surface area contributed by atoms with Crippen molar-refractivity contribution in [3.8, 4) is 12.3 Å². The van der Waals surface area contributed by atoms with Crippen LogP contribution in [-0.2, 0) is 14.8 Å². The summed E-state index contributed by atoms with van der Waals surface area (Å²) in [7, 11) is -3.86. The van der Waals surface area contributed by atoms with Gasteiger partial charge >= 0.3 is 0 Å². The first-order chi connectivity index (χ1) is 12.4. The third kappa shape index (κ3) is 3.61. The van der Waals surface area contributed by atoms with Gasteiger partial charge in [0.15, 0.2) is 0 Å². The molecule has 0 radical (unpaired) electrons. The predicted molar refractivity (Wildman–Crippen MR) is 96.6 cm³/mol. The quantitative estimate of drug-likeness (QED) is 0.797. The Morgan fingerprint density at radius 3 is 2.81 bits per heavy atom. The summed E-state index contributed by atoms with van der Waals surface area (Å²) in [4.78, 5) is 24.4. The molecular weight excluding hydrogens is 352 g/mol. The normalized spacial score (nSPS) is 24.0. The Labute approximate surface area is 154 Å². The average Bonchev–Trinajstić information content (AvgIpc) is 2.85. The van der Waals surface area contributed by atoms with Gasteiger partial charge in [0.25, 0.3) is 15.9 Å². The molecule has 6 nitrogen and oxygen atoms in total. The van der Waals surface area contributed by atoms with Crippen LogP contribution in [0.4, 0.5) is 0 Å². The Bertz CT molecular complexity index is 857. The van der Waals surface area contributed by atoms with Crippen molar-refractivity contribution < 1.29 is 18.0 Å². The Morgan fingerprint density at radius 2 is 2.08 bits per heavy atom. The lowest BCUT2D eigenvalue weighted by atomic mass is 9.82. The number of carbonyl (C=O) groups is 2. The van der Waals surface area contributed by atoms with Crippen LogP contribution in [0.2, 0.25) is 0 Å². The van der Waals surface area contributed by atoms with Crippen LogP contribution in [0.25, 0.3) is 0 Å². The number of fused-ring (bicyclic) bond motifs is 1. The first-order valence-electron chi connectivity index (χ1n) is 8.82. The zero-order valence-corrected chi connectivity index (χ0v) is 15.3. The Kier molecular flexibility index (Phi) is 5.33. The molecule has 1 N–H and O–H groups in total. The van der Waals surface area contributed by atoms with E-state index in [1.807, 2.05) is 0 Å². The highest BCUT2D eigenvalue weighted by atomic mass is 32.2. The first-order valence-corrected chi connectivity index (χ1v) is 10.3. The van der Waals surface area contributed by atoms with E-state index in [0.29, 0.717) is 12.5 Å². The van der Waals surface area contributed by atoms with Gasteiger partial charge in [0.1, 0.15) is 4.90 Å². The fourth-order valence-electron chi connectivity index (χ4n) is 3.63. The molecule has 2 aliphatic rings. The Hall–Kier alpha value is -2.33. The third-order valence-corrected chi connectivity index (χ3v) is 6.90. The van der Waals surface area contributed by atoms with Crippen molar-refractivity contribution in [2.45, 2.75) is 37.0 Å². The molecular formula is C19H22N2O4S. The molecule has 0 spiro atoms. The van der Waals surface area contributed by atoms with Gasteiger partial charge in [-0.1, -0.05) is 18.6 Å². The number of amides is 2. The summed E-state index contributed by atoms with van der Waals surface area (Å²) < 4.78 is 25.7. The highest BCUT2D eigenvalue weighted by molar-refractivity contribution is 7.90. The molecule has 1 aliphatic carbocycles. The molecule has 26 heavy (non-hydrogen) atoms. The topological polar surface area (TPSA) is 83.6 Å². The number of hydrogen-bond acceptors (Lipinski definition) is 4. The molecule has 1 fully saturated rings. The molecule has 2 amide bonds. The van der Waals surface area contributed by atoms with E-state index >= 15 is 0 Å². The minimum Gasteiger partial charge on any atom is -0.356 e. The largest absolute Gasteiger partial charge is 0.356 e. The molecule has 1 aliphatic heterocycles. The van der Waals surface area contributed by atoms with Crippen molar-refractivity contribution in [1.82, 2.24) is 9.62 Å². The Morgan fingerprint density at radius 1 is 1.31 bits per heavy atom. The molecule has 0 saturated heterocycles. The second kappa shape index (κ2) is 7.50. The second-order valence-corrected chi connectivity index (χ2v) is 8.66. The number of nitrogens with zero attached hydrogens (tertiary/aromatic N) is 1. The van der Waals surface area contributed by atoms with E-state index in [-0.39, 0.29) is 35.2 Å². The minimum atomic E-state index is -3.86. The van der Waals surface area contributed by atoms with Crippen LogP contribution in [0.3, 0.4) is 0 Å². The molecule has 1 heterocycles. The zero-order valence-electron chi connectivity index (χ0n) is 14.5. The summed E-state index contributed by atoms with van der Waals surface area (Å²) in [5.74, 6) is 2.58. The van der Waals surface area contributed by atoms with Crippen LogP contribution in [0.1, 0.15) is 42.5 Å². The van der Waals surface area contributed by atoms with Crippen molar-refractivity contribution in [3.63, 3.8) is 0 Å². The van der Waals surface area contributed by atoms with Gasteiger partial charge in [-0.25, -0.2) is 12.7 Å². The molecule has 0 bridgehead atoms. The van der Waals surface area contributed by atoms with E-state index in [1.165, 1.54) is 12.1 Å². The average molecular weight is 374 g/mol. The number of benzene rings is 1. The highest BCUT2D eigenvalue weighted by Crippen LogP contribution is 2.30. The van der Waals surface area contributed by atoms with E-state index in [2.05, 4.69) is 11.2 Å². The molecule has 0 unspecified atom stereocenters. The van der Waals surface area contributed by atoms with Crippen molar-refractivity contribution in [2.24, 2.45) is 11.8 Å². The number of hydrogen-bond donors (Lipinski definition) is 1. The summed E-state index contributed by atoms with van der Waals surface area (Å²) in [6.45, 7) is 0.386. The number of nitrogens with one attached hydrogen (secondary N) is 1. The van der Waals surface area contributed by atoms with Crippen LogP contribution < -0.4 is 5.32 Å². The first kappa shape index (κ1) is 18.5. The molecule has 3 rings (SSSR count). The van der Waals surface area contributed by atoms with Crippen LogP contribution in [0.15, 0.2) is 29.2 Å². The van der Waals surface area contributed by atoms with Crippen molar-refractivity contribution in [2.75, 3.05) is 13.1 Å². The lowest BCUT2D eigenvalue weighted by Crippen LogP contribution is -2.36. The summed E-state index contributed by atoms with van der Waals surface area (Å²) in [5, 5.41) is 2.84. The van der Waals surface area contributed by atoms with E-state index < -0.39 is 15.9 Å². The maximum absolute atomic E-state index is 12.4. The van der Waals surface area contributed by atoms with Gasteiger partial charge in [-0.3, -0.25) is 9.59 Å². The van der Waals surface area contributed by atoms with Gasteiger partial charge in [-0.05, 0) is 37.3 Å². The number of rotatable bonds is 5. The van der Waals surface area contributed by atoms with Crippen molar-refractivity contribution in [1.29, 1.82) is 0 Å². The van der Waals surface area contributed by atoms with Crippen LogP contribution in [0.5, 0.6) is 0 Å². The van der Waals surface area contributed by atoms with Gasteiger partial charge in [-0.15, -0.1) is 12.3 Å². The Balaban J connectivity index is 1.52. The van der Waals surface area contributed by atoms with Crippen molar-refractivity contribution in [3.05, 3.63) is 29.8 Å².